The molecule has 5 heteroatoms. The number of hydrogen-bond donors (Lipinski definition) is 0. The highest BCUT2D eigenvalue weighted by molar-refractivity contribution is 5.81. The summed E-state index contributed by atoms with van der Waals surface area (Å²) in [6.07, 6.45) is 2.63. The number of rotatable bonds is 5. The van der Waals surface area contributed by atoms with Crippen molar-refractivity contribution < 1.29 is 4.74 Å². The second-order valence-electron chi connectivity index (χ2n) is 6.04. The van der Waals surface area contributed by atoms with E-state index in [1.807, 2.05) is 24.3 Å². The molecule has 0 atom stereocenters. The van der Waals surface area contributed by atoms with Crippen LogP contribution in [0.15, 0.2) is 30.5 Å². The molecule has 23 heavy (non-hydrogen) atoms. The van der Waals surface area contributed by atoms with Crippen molar-refractivity contribution in [2.45, 2.75) is 6.42 Å². The molecular formula is C18H22N4O. The largest absolute Gasteiger partial charge is 0.493 e. The molecule has 0 aliphatic carbocycles. The highest BCUT2D eigenvalue weighted by atomic mass is 16.5. The molecule has 0 unspecified atom stereocenters. The van der Waals surface area contributed by atoms with E-state index < -0.39 is 0 Å². The fourth-order valence-corrected chi connectivity index (χ4v) is 2.80. The molecule has 0 spiro atoms. The molecule has 5 nitrogen and oxygen atoms in total. The zero-order valence-electron chi connectivity index (χ0n) is 13.5. The number of hydrogen-bond acceptors (Lipinski definition) is 5. The van der Waals surface area contributed by atoms with Gasteiger partial charge in [-0.25, -0.2) is 0 Å². The van der Waals surface area contributed by atoms with Crippen molar-refractivity contribution in [3.8, 4) is 11.8 Å². The van der Waals surface area contributed by atoms with Crippen LogP contribution in [0.25, 0.3) is 10.9 Å². The molecule has 0 radical (unpaired) electrons. The first-order chi connectivity index (χ1) is 11.2. The Bertz CT molecular complexity index is 702. The fraction of sp³-hybridized carbons (Fsp3) is 0.444. The van der Waals surface area contributed by atoms with Crippen molar-refractivity contribution in [2.75, 3.05) is 46.4 Å². The normalized spacial score (nSPS) is 16.3. The van der Waals surface area contributed by atoms with E-state index in [-0.39, 0.29) is 0 Å². The minimum absolute atomic E-state index is 0.582. The van der Waals surface area contributed by atoms with Gasteiger partial charge >= 0.3 is 0 Å². The third kappa shape index (κ3) is 4.19. The Morgan fingerprint density at radius 1 is 1.22 bits per heavy atom. The number of aromatic nitrogens is 1. The molecule has 1 aliphatic rings. The number of ether oxygens (including phenoxy) is 1. The van der Waals surface area contributed by atoms with Gasteiger partial charge in [0, 0.05) is 50.4 Å². The number of piperazine rings is 1. The Morgan fingerprint density at radius 3 is 2.83 bits per heavy atom. The van der Waals surface area contributed by atoms with Gasteiger partial charge in [-0.1, -0.05) is 0 Å². The number of likely N-dealkylation sites (N-methyl/N-ethyl adjacent to an activating group) is 1. The van der Waals surface area contributed by atoms with Crippen molar-refractivity contribution in [3.63, 3.8) is 0 Å². The van der Waals surface area contributed by atoms with Gasteiger partial charge in [0.2, 0.25) is 0 Å². The Labute approximate surface area is 137 Å². The second-order valence-corrected chi connectivity index (χ2v) is 6.04. The summed E-state index contributed by atoms with van der Waals surface area (Å²) in [7, 11) is 2.17. The minimum Gasteiger partial charge on any atom is -0.493 e. The Kier molecular flexibility index (Phi) is 5.06. The van der Waals surface area contributed by atoms with Crippen LogP contribution < -0.4 is 4.74 Å². The molecule has 0 saturated carbocycles. The first kappa shape index (κ1) is 15.7. The van der Waals surface area contributed by atoms with Crippen LogP contribution in [-0.4, -0.2) is 61.2 Å². The van der Waals surface area contributed by atoms with Crippen LogP contribution in [0.5, 0.6) is 5.75 Å². The molecule has 1 aromatic carbocycles. The molecule has 1 saturated heterocycles. The molecule has 1 aliphatic heterocycles. The minimum atomic E-state index is 0.582. The van der Waals surface area contributed by atoms with Gasteiger partial charge in [-0.15, -0.1) is 0 Å². The van der Waals surface area contributed by atoms with Gasteiger partial charge in [0.15, 0.2) is 0 Å². The van der Waals surface area contributed by atoms with E-state index in [1.165, 1.54) is 0 Å². The van der Waals surface area contributed by atoms with E-state index in [0.29, 0.717) is 12.2 Å². The second kappa shape index (κ2) is 7.40. The standard InChI is InChI=1S/C18H22N4O/c1-21-6-8-22(9-7-21)5-2-10-23-17-4-3-16-11-15(13-19)14-20-18(16)12-17/h3-4,11-12,14H,2,5-10H2,1H3. The average molecular weight is 310 g/mol. The predicted octanol–water partition coefficient (Wildman–Crippen LogP) is 2.12. The van der Waals surface area contributed by atoms with E-state index in [9.17, 15) is 0 Å². The molecule has 2 heterocycles. The molecule has 3 rings (SSSR count). The van der Waals surface area contributed by atoms with Crippen molar-refractivity contribution in [1.82, 2.24) is 14.8 Å². The third-order valence-corrected chi connectivity index (χ3v) is 4.27. The highest BCUT2D eigenvalue weighted by Crippen LogP contribution is 2.20. The van der Waals surface area contributed by atoms with E-state index in [4.69, 9.17) is 10.00 Å². The number of fused-ring (bicyclic) bond motifs is 1. The fourth-order valence-electron chi connectivity index (χ4n) is 2.80. The zero-order chi connectivity index (χ0) is 16.1. The number of nitriles is 1. The molecule has 0 N–H and O–H groups in total. The maximum Gasteiger partial charge on any atom is 0.121 e. The lowest BCUT2D eigenvalue weighted by Crippen LogP contribution is -2.44. The van der Waals surface area contributed by atoms with Gasteiger partial charge in [-0.2, -0.15) is 5.26 Å². The number of nitrogens with zero attached hydrogens (tertiary/aromatic N) is 4. The first-order valence-corrected chi connectivity index (χ1v) is 8.08. The van der Waals surface area contributed by atoms with Crippen LogP contribution in [0.2, 0.25) is 0 Å². The first-order valence-electron chi connectivity index (χ1n) is 8.08. The van der Waals surface area contributed by atoms with Crippen LogP contribution >= 0.6 is 0 Å². The summed E-state index contributed by atoms with van der Waals surface area (Å²) in [5.41, 5.74) is 1.44. The Hall–Kier alpha value is -2.16. The summed E-state index contributed by atoms with van der Waals surface area (Å²) in [4.78, 5) is 9.17. The third-order valence-electron chi connectivity index (χ3n) is 4.27. The maximum absolute atomic E-state index is 8.90. The monoisotopic (exact) mass is 310 g/mol. The lowest BCUT2D eigenvalue weighted by Gasteiger charge is -2.32. The van der Waals surface area contributed by atoms with Crippen LogP contribution in [0.1, 0.15) is 12.0 Å². The molecule has 0 bridgehead atoms. The van der Waals surface area contributed by atoms with Crippen molar-refractivity contribution in [3.05, 3.63) is 36.0 Å². The van der Waals surface area contributed by atoms with Crippen molar-refractivity contribution in [2.24, 2.45) is 0 Å². The molecular weight excluding hydrogens is 288 g/mol. The van der Waals surface area contributed by atoms with Crippen LogP contribution in [0, 0.1) is 11.3 Å². The topological polar surface area (TPSA) is 52.4 Å². The smallest absolute Gasteiger partial charge is 0.121 e. The van der Waals surface area contributed by atoms with Crippen LogP contribution in [0.3, 0.4) is 0 Å². The van der Waals surface area contributed by atoms with Gasteiger partial charge in [-0.3, -0.25) is 4.98 Å². The Morgan fingerprint density at radius 2 is 2.04 bits per heavy atom. The van der Waals surface area contributed by atoms with E-state index >= 15 is 0 Å². The van der Waals surface area contributed by atoms with E-state index in [1.54, 1.807) is 6.20 Å². The molecule has 2 aromatic rings. The predicted molar refractivity (Wildman–Crippen MR) is 90.5 cm³/mol. The van der Waals surface area contributed by atoms with E-state index in [2.05, 4.69) is 27.9 Å². The van der Waals surface area contributed by atoms with E-state index in [0.717, 1.165) is 55.8 Å². The lowest BCUT2D eigenvalue weighted by molar-refractivity contribution is 0.145. The van der Waals surface area contributed by atoms with Crippen molar-refractivity contribution >= 4 is 10.9 Å². The summed E-state index contributed by atoms with van der Waals surface area (Å²) in [5.74, 6) is 0.841. The Balaban J connectivity index is 1.48. The molecule has 0 amide bonds. The zero-order valence-corrected chi connectivity index (χ0v) is 13.5. The summed E-state index contributed by atoms with van der Waals surface area (Å²) in [6, 6.07) is 9.79. The SMILES string of the molecule is CN1CCN(CCCOc2ccc3cc(C#N)cnc3c2)CC1. The molecule has 120 valence electrons. The van der Waals surface area contributed by atoms with Gasteiger partial charge < -0.3 is 14.5 Å². The van der Waals surface area contributed by atoms with Gasteiger partial charge in [-0.05, 0) is 31.7 Å². The summed E-state index contributed by atoms with van der Waals surface area (Å²) in [6.45, 7) is 6.42. The van der Waals surface area contributed by atoms with Crippen LogP contribution in [-0.2, 0) is 0 Å². The van der Waals surface area contributed by atoms with Gasteiger partial charge in [0.05, 0.1) is 17.7 Å². The quantitative estimate of drug-likeness (QED) is 0.792. The molecule has 1 fully saturated rings. The van der Waals surface area contributed by atoms with Gasteiger partial charge in [0.25, 0.3) is 0 Å². The lowest BCUT2D eigenvalue weighted by atomic mass is 10.1. The summed E-state index contributed by atoms with van der Waals surface area (Å²) >= 11 is 0. The van der Waals surface area contributed by atoms with Crippen LogP contribution in [0.4, 0.5) is 0 Å². The van der Waals surface area contributed by atoms with Gasteiger partial charge in [0.1, 0.15) is 11.8 Å². The summed E-state index contributed by atoms with van der Waals surface area (Å²) in [5, 5.41) is 9.86. The maximum atomic E-state index is 8.90. The number of pyridine rings is 1. The molecule has 1 aromatic heterocycles. The number of benzene rings is 1. The summed E-state index contributed by atoms with van der Waals surface area (Å²) < 4.78 is 5.84. The van der Waals surface area contributed by atoms with Crippen molar-refractivity contribution in [1.29, 1.82) is 5.26 Å². The average Bonchev–Trinajstić information content (AvgIpc) is 2.59. The highest BCUT2D eigenvalue weighted by Gasteiger charge is 2.12.